The van der Waals surface area contributed by atoms with Crippen LogP contribution >= 0.6 is 11.8 Å². The highest BCUT2D eigenvalue weighted by Crippen LogP contribution is 2.42. The molecule has 0 aromatic rings. The van der Waals surface area contributed by atoms with Gasteiger partial charge in [-0.15, -0.1) is 0 Å². The van der Waals surface area contributed by atoms with Gasteiger partial charge >= 0.3 is 6.09 Å². The number of hydrogen-bond acceptors (Lipinski definition) is 4. The Balaban J connectivity index is 2.08. The molecule has 0 aromatic carbocycles. The number of carbonyl (C=O) groups is 2. The quantitative estimate of drug-likeness (QED) is 0.746. The van der Waals surface area contributed by atoms with Crippen LogP contribution in [-0.4, -0.2) is 45.2 Å². The van der Waals surface area contributed by atoms with Crippen LogP contribution in [0.2, 0.25) is 0 Å². The Morgan fingerprint density at radius 3 is 2.50 bits per heavy atom. The molecule has 2 saturated heterocycles. The second-order valence-electron chi connectivity index (χ2n) is 6.51. The van der Waals surface area contributed by atoms with Gasteiger partial charge in [-0.05, 0) is 40.0 Å². The van der Waals surface area contributed by atoms with E-state index in [2.05, 4.69) is 0 Å². The fraction of sp³-hybridized carbons (Fsp3) is 0.857. The van der Waals surface area contributed by atoms with Gasteiger partial charge in [0.05, 0.1) is 6.04 Å². The molecule has 2 aliphatic heterocycles. The molecule has 0 aliphatic carbocycles. The third-order valence-electron chi connectivity index (χ3n) is 3.70. The molecule has 2 heterocycles. The molecule has 0 N–H and O–H groups in total. The van der Waals surface area contributed by atoms with E-state index in [0.717, 1.165) is 18.2 Å². The van der Waals surface area contributed by atoms with Crippen molar-refractivity contribution >= 4 is 23.0 Å². The van der Waals surface area contributed by atoms with Gasteiger partial charge in [0.2, 0.25) is 0 Å². The molecule has 0 spiro atoms. The summed E-state index contributed by atoms with van der Waals surface area (Å²) in [5.41, 5.74) is -0.576. The van der Waals surface area contributed by atoms with E-state index >= 15 is 0 Å². The smallest absolute Gasteiger partial charge is 0.410 e. The summed E-state index contributed by atoms with van der Waals surface area (Å²) in [5, 5.41) is -0.397. The summed E-state index contributed by atoms with van der Waals surface area (Å²) in [4.78, 5) is 25.0. The number of fused-ring (bicyclic) bond motifs is 2. The Labute approximate surface area is 123 Å². The van der Waals surface area contributed by atoms with Crippen LogP contribution in [0.25, 0.3) is 0 Å². The summed E-state index contributed by atoms with van der Waals surface area (Å²) < 4.78 is 19.9. The minimum absolute atomic E-state index is 0.00120. The van der Waals surface area contributed by atoms with Gasteiger partial charge in [-0.2, -0.15) is 0 Å². The lowest BCUT2D eigenvalue weighted by atomic mass is 10.0. The number of halogens is 1. The fourth-order valence-corrected chi connectivity index (χ4v) is 4.08. The highest BCUT2D eigenvalue weighted by Gasteiger charge is 2.51. The molecular formula is C14H22FNO3S. The van der Waals surface area contributed by atoms with Crippen molar-refractivity contribution in [1.29, 1.82) is 0 Å². The second kappa shape index (κ2) is 5.54. The number of carbonyl (C=O) groups excluding carboxylic acids is 2. The van der Waals surface area contributed by atoms with Crippen LogP contribution in [0.1, 0.15) is 47.0 Å². The molecule has 4 nitrogen and oxygen atoms in total. The Kier molecular flexibility index (Phi) is 4.33. The van der Waals surface area contributed by atoms with E-state index in [9.17, 15) is 14.0 Å². The molecule has 4 atom stereocenters. The zero-order valence-electron chi connectivity index (χ0n) is 12.4. The second-order valence-corrected chi connectivity index (χ2v) is 7.93. The van der Waals surface area contributed by atoms with Crippen molar-refractivity contribution in [1.82, 2.24) is 4.90 Å². The van der Waals surface area contributed by atoms with Gasteiger partial charge in [-0.3, -0.25) is 9.69 Å². The third kappa shape index (κ3) is 3.27. The van der Waals surface area contributed by atoms with E-state index in [1.165, 1.54) is 6.92 Å². The zero-order chi connectivity index (χ0) is 15.1. The summed E-state index contributed by atoms with van der Waals surface area (Å²) in [6.45, 7) is 6.87. The van der Waals surface area contributed by atoms with Crippen LogP contribution in [0.15, 0.2) is 0 Å². The van der Waals surface area contributed by atoms with E-state index in [-0.39, 0.29) is 16.4 Å². The number of ether oxygens (including phenoxy) is 1. The van der Waals surface area contributed by atoms with Gasteiger partial charge < -0.3 is 4.74 Å². The first-order valence-corrected chi connectivity index (χ1v) is 7.89. The van der Waals surface area contributed by atoms with E-state index < -0.39 is 23.9 Å². The monoisotopic (exact) mass is 303 g/mol. The Hall–Kier alpha value is -0.780. The molecule has 20 heavy (non-hydrogen) atoms. The Bertz CT molecular complexity index is 410. The van der Waals surface area contributed by atoms with E-state index in [1.54, 1.807) is 25.7 Å². The lowest BCUT2D eigenvalue weighted by Crippen LogP contribution is -2.55. The molecule has 2 bridgehead atoms. The van der Waals surface area contributed by atoms with E-state index in [0.29, 0.717) is 12.8 Å². The van der Waals surface area contributed by atoms with Gasteiger partial charge in [0.25, 0.3) is 0 Å². The van der Waals surface area contributed by atoms with Crippen LogP contribution in [0, 0.1) is 0 Å². The topological polar surface area (TPSA) is 46.6 Å². The molecule has 0 aromatic heterocycles. The SMILES string of the molecule is CC(=O)S[C@@H]1C[C@H]2CC[C@@H]([C@@H]1F)N2C(=O)OC(C)(C)C. The number of amides is 1. The molecule has 1 amide bonds. The number of hydrogen-bond donors (Lipinski definition) is 0. The maximum atomic E-state index is 14.5. The molecule has 2 aliphatic rings. The predicted octanol–water partition coefficient (Wildman–Crippen LogP) is 3.14. The van der Waals surface area contributed by atoms with Gasteiger partial charge in [-0.1, -0.05) is 11.8 Å². The molecule has 0 radical (unpaired) electrons. The van der Waals surface area contributed by atoms with Crippen molar-refractivity contribution in [2.45, 2.75) is 76.1 Å². The molecule has 0 saturated carbocycles. The van der Waals surface area contributed by atoms with Crippen molar-refractivity contribution in [3.8, 4) is 0 Å². The summed E-state index contributed by atoms with van der Waals surface area (Å²) in [7, 11) is 0. The lowest BCUT2D eigenvalue weighted by Gasteiger charge is -2.41. The van der Waals surface area contributed by atoms with E-state index in [4.69, 9.17) is 4.74 Å². The van der Waals surface area contributed by atoms with Crippen molar-refractivity contribution in [2.75, 3.05) is 0 Å². The maximum Gasteiger partial charge on any atom is 0.410 e. The van der Waals surface area contributed by atoms with Crippen LogP contribution in [0.3, 0.4) is 0 Å². The Morgan fingerprint density at radius 2 is 1.95 bits per heavy atom. The first-order chi connectivity index (χ1) is 9.19. The van der Waals surface area contributed by atoms with Gasteiger partial charge in [0, 0.05) is 18.2 Å². The normalized spacial score (nSPS) is 33.1. The van der Waals surface area contributed by atoms with Crippen molar-refractivity contribution in [3.63, 3.8) is 0 Å². The minimum Gasteiger partial charge on any atom is -0.444 e. The first kappa shape index (κ1) is 15.6. The largest absolute Gasteiger partial charge is 0.444 e. The van der Waals surface area contributed by atoms with Gasteiger partial charge in [0.1, 0.15) is 11.8 Å². The summed E-state index contributed by atoms with van der Waals surface area (Å²) in [6, 6.07) is -0.445. The molecule has 2 fully saturated rings. The average molecular weight is 303 g/mol. The first-order valence-electron chi connectivity index (χ1n) is 7.01. The molecule has 114 valence electrons. The highest BCUT2D eigenvalue weighted by atomic mass is 32.2. The lowest BCUT2D eigenvalue weighted by molar-refractivity contribution is -0.109. The molecular weight excluding hydrogens is 281 g/mol. The number of rotatable bonds is 1. The standard InChI is InChI=1S/C14H22FNO3S/c1-8(17)20-11-7-9-5-6-10(12(11)15)16(9)13(18)19-14(2,3)4/h9-12H,5-7H2,1-4H3/t9-,10+,11-,12+/m1/s1. The van der Waals surface area contributed by atoms with Crippen LogP contribution in [0.5, 0.6) is 0 Å². The van der Waals surface area contributed by atoms with Gasteiger partial charge in [-0.25, -0.2) is 9.18 Å². The number of nitrogens with zero attached hydrogens (tertiary/aromatic N) is 1. The fourth-order valence-electron chi connectivity index (χ4n) is 3.03. The maximum absolute atomic E-state index is 14.5. The number of alkyl halides is 1. The average Bonchev–Trinajstić information content (AvgIpc) is 2.61. The summed E-state index contributed by atoms with van der Waals surface area (Å²) in [6.07, 6.45) is 0.384. The summed E-state index contributed by atoms with van der Waals surface area (Å²) in [5.74, 6) is 0. The van der Waals surface area contributed by atoms with Crippen molar-refractivity contribution < 1.29 is 18.7 Å². The van der Waals surface area contributed by atoms with Crippen molar-refractivity contribution in [3.05, 3.63) is 0 Å². The van der Waals surface area contributed by atoms with Crippen molar-refractivity contribution in [2.24, 2.45) is 0 Å². The highest BCUT2D eigenvalue weighted by molar-refractivity contribution is 8.14. The van der Waals surface area contributed by atoms with Crippen LogP contribution in [0.4, 0.5) is 9.18 Å². The molecule has 2 rings (SSSR count). The minimum atomic E-state index is -1.16. The third-order valence-corrected chi connectivity index (χ3v) is 4.78. The zero-order valence-corrected chi connectivity index (χ0v) is 13.2. The summed E-state index contributed by atoms with van der Waals surface area (Å²) >= 11 is 1.07. The van der Waals surface area contributed by atoms with E-state index in [1.807, 2.05) is 0 Å². The van der Waals surface area contributed by atoms with Gasteiger partial charge in [0.15, 0.2) is 5.12 Å². The molecule has 0 unspecified atom stereocenters. The van der Waals surface area contributed by atoms with Crippen LogP contribution in [-0.2, 0) is 9.53 Å². The van der Waals surface area contributed by atoms with Crippen LogP contribution < -0.4 is 0 Å². The number of piperidine rings is 1. The predicted molar refractivity (Wildman–Crippen MR) is 76.5 cm³/mol. The number of thioether (sulfide) groups is 1. The molecule has 6 heteroatoms. The Morgan fingerprint density at radius 1 is 1.30 bits per heavy atom.